The molecule has 0 spiro atoms. The zero-order valence-electron chi connectivity index (χ0n) is 12.4. The molecule has 0 aliphatic rings. The third kappa shape index (κ3) is 3.84. The summed E-state index contributed by atoms with van der Waals surface area (Å²) in [7, 11) is -2.35. The molecule has 1 N–H and O–H groups in total. The molecule has 2 aromatic carbocycles. The highest BCUT2D eigenvalue weighted by atomic mass is 32.2. The fraction of sp³-hybridized carbons (Fsp3) is 0.133. The van der Waals surface area contributed by atoms with Gasteiger partial charge in [-0.15, -0.1) is 0 Å². The van der Waals surface area contributed by atoms with Crippen molar-refractivity contribution >= 4 is 27.3 Å². The number of amides is 1. The van der Waals surface area contributed by atoms with Gasteiger partial charge >= 0.3 is 0 Å². The number of hydrogen-bond donors (Lipinski definition) is 1. The Morgan fingerprint density at radius 1 is 1.13 bits per heavy atom. The van der Waals surface area contributed by atoms with E-state index in [1.807, 2.05) is 0 Å². The third-order valence-electron chi connectivity index (χ3n) is 3.16. The molecule has 0 bridgehead atoms. The van der Waals surface area contributed by atoms with Gasteiger partial charge in [0.1, 0.15) is 11.6 Å². The molecule has 0 saturated carbocycles. The summed E-state index contributed by atoms with van der Waals surface area (Å²) in [5, 5.41) is 2.34. The maximum atomic E-state index is 13.6. The summed E-state index contributed by atoms with van der Waals surface area (Å²) in [6.07, 6.45) is 0.971. The van der Waals surface area contributed by atoms with E-state index in [9.17, 15) is 22.0 Å². The Morgan fingerprint density at radius 2 is 1.78 bits per heavy atom. The van der Waals surface area contributed by atoms with Gasteiger partial charge in [0.15, 0.2) is 0 Å². The average Bonchev–Trinajstić information content (AvgIpc) is 2.46. The fourth-order valence-corrected chi connectivity index (χ4v) is 2.41. The van der Waals surface area contributed by atoms with Gasteiger partial charge in [0.2, 0.25) is 10.0 Å². The van der Waals surface area contributed by atoms with Crippen molar-refractivity contribution in [2.24, 2.45) is 0 Å². The van der Waals surface area contributed by atoms with Crippen LogP contribution < -0.4 is 9.62 Å². The molecule has 0 saturated heterocycles. The molecule has 0 aliphatic heterocycles. The lowest BCUT2D eigenvalue weighted by Crippen LogP contribution is -2.26. The minimum atomic E-state index is -3.61. The zero-order valence-corrected chi connectivity index (χ0v) is 13.2. The van der Waals surface area contributed by atoms with Crippen LogP contribution in [0.2, 0.25) is 0 Å². The number of nitrogens with one attached hydrogen (secondary N) is 1. The van der Waals surface area contributed by atoms with Crippen LogP contribution >= 0.6 is 0 Å². The Labute approximate surface area is 132 Å². The highest BCUT2D eigenvalue weighted by Crippen LogP contribution is 2.28. The number of carbonyl (C=O) groups excluding carboxylic acids is 1. The Morgan fingerprint density at radius 3 is 2.39 bits per heavy atom. The molecular weight excluding hydrogens is 326 g/mol. The van der Waals surface area contributed by atoms with Crippen molar-refractivity contribution in [1.82, 2.24) is 0 Å². The number of sulfonamides is 1. The predicted octanol–water partition coefficient (Wildman–Crippen LogP) is 2.61. The number of anilines is 2. The Hall–Kier alpha value is -2.48. The second-order valence-electron chi connectivity index (χ2n) is 4.83. The van der Waals surface area contributed by atoms with E-state index in [1.165, 1.54) is 31.3 Å². The predicted molar refractivity (Wildman–Crippen MR) is 84.0 cm³/mol. The van der Waals surface area contributed by atoms with Gasteiger partial charge in [-0.1, -0.05) is 12.1 Å². The lowest BCUT2D eigenvalue weighted by molar-refractivity contribution is 0.102. The maximum Gasteiger partial charge on any atom is 0.258 e. The SMILES string of the molecule is CN(c1ccc(F)cc1NC(=O)c1ccccc1F)S(C)(=O)=O. The Balaban J connectivity index is 2.42. The number of hydrogen-bond acceptors (Lipinski definition) is 3. The summed E-state index contributed by atoms with van der Waals surface area (Å²) in [4.78, 5) is 12.1. The topological polar surface area (TPSA) is 66.5 Å². The quantitative estimate of drug-likeness (QED) is 0.930. The standard InChI is InChI=1S/C15H14F2N2O3S/c1-19(23(2,21)22)14-8-7-10(16)9-13(14)18-15(20)11-5-3-4-6-12(11)17/h3-9H,1-2H3,(H,18,20). The van der Waals surface area contributed by atoms with Crippen LogP contribution in [0.15, 0.2) is 42.5 Å². The van der Waals surface area contributed by atoms with Gasteiger partial charge in [-0.2, -0.15) is 0 Å². The molecule has 0 fully saturated rings. The van der Waals surface area contributed by atoms with Gasteiger partial charge in [0, 0.05) is 7.05 Å². The van der Waals surface area contributed by atoms with Crippen molar-refractivity contribution in [3.05, 3.63) is 59.7 Å². The molecule has 5 nitrogen and oxygen atoms in total. The van der Waals surface area contributed by atoms with Crippen LogP contribution in [0, 0.1) is 11.6 Å². The molecule has 0 atom stereocenters. The molecule has 0 aromatic heterocycles. The van der Waals surface area contributed by atoms with Gasteiger partial charge in [-0.3, -0.25) is 9.10 Å². The summed E-state index contributed by atoms with van der Waals surface area (Å²) in [5.41, 5.74) is -0.241. The highest BCUT2D eigenvalue weighted by molar-refractivity contribution is 7.92. The summed E-state index contributed by atoms with van der Waals surface area (Å²) in [6.45, 7) is 0. The average molecular weight is 340 g/mol. The van der Waals surface area contributed by atoms with E-state index in [0.29, 0.717) is 0 Å². The summed E-state index contributed by atoms with van der Waals surface area (Å²) >= 11 is 0. The first-order valence-corrected chi connectivity index (χ1v) is 8.34. The lowest BCUT2D eigenvalue weighted by Gasteiger charge is -2.20. The number of carbonyl (C=O) groups is 1. The fourth-order valence-electron chi connectivity index (χ4n) is 1.90. The van der Waals surface area contributed by atoms with Crippen molar-refractivity contribution < 1.29 is 22.0 Å². The molecule has 122 valence electrons. The first-order chi connectivity index (χ1) is 10.7. The molecule has 2 rings (SSSR count). The van der Waals surface area contributed by atoms with Crippen molar-refractivity contribution in [3.8, 4) is 0 Å². The van der Waals surface area contributed by atoms with Crippen LogP contribution in [-0.2, 0) is 10.0 Å². The van der Waals surface area contributed by atoms with E-state index in [2.05, 4.69) is 5.32 Å². The van der Waals surface area contributed by atoms with E-state index in [1.54, 1.807) is 0 Å². The lowest BCUT2D eigenvalue weighted by atomic mass is 10.2. The van der Waals surface area contributed by atoms with Crippen LogP contribution in [0.5, 0.6) is 0 Å². The molecule has 2 aromatic rings. The molecule has 0 radical (unpaired) electrons. The van der Waals surface area contributed by atoms with Crippen molar-refractivity contribution in [3.63, 3.8) is 0 Å². The van der Waals surface area contributed by atoms with E-state index < -0.39 is 27.6 Å². The molecule has 23 heavy (non-hydrogen) atoms. The summed E-state index contributed by atoms with van der Waals surface area (Å²) < 4.78 is 51.2. The van der Waals surface area contributed by atoms with Crippen molar-refractivity contribution in [2.75, 3.05) is 22.9 Å². The zero-order chi connectivity index (χ0) is 17.2. The number of rotatable bonds is 4. The number of benzene rings is 2. The minimum absolute atomic E-state index is 0.0681. The monoisotopic (exact) mass is 340 g/mol. The van der Waals surface area contributed by atoms with Crippen LogP contribution in [0.3, 0.4) is 0 Å². The first-order valence-electron chi connectivity index (χ1n) is 6.49. The molecule has 1 amide bonds. The summed E-state index contributed by atoms with van der Waals surface area (Å²) in [6, 6.07) is 8.54. The first kappa shape index (κ1) is 16.9. The smallest absolute Gasteiger partial charge is 0.258 e. The Kier molecular flexibility index (Phi) is 4.65. The van der Waals surface area contributed by atoms with Gasteiger partial charge in [-0.05, 0) is 30.3 Å². The van der Waals surface area contributed by atoms with Crippen LogP contribution in [-0.4, -0.2) is 27.6 Å². The van der Waals surface area contributed by atoms with E-state index in [4.69, 9.17) is 0 Å². The maximum absolute atomic E-state index is 13.6. The van der Waals surface area contributed by atoms with Crippen LogP contribution in [0.25, 0.3) is 0 Å². The highest BCUT2D eigenvalue weighted by Gasteiger charge is 2.19. The minimum Gasteiger partial charge on any atom is -0.320 e. The normalized spacial score (nSPS) is 11.1. The van der Waals surface area contributed by atoms with Crippen molar-refractivity contribution in [2.45, 2.75) is 0 Å². The molecular formula is C15H14F2N2O3S. The van der Waals surface area contributed by atoms with E-state index >= 15 is 0 Å². The third-order valence-corrected chi connectivity index (χ3v) is 4.35. The van der Waals surface area contributed by atoms with E-state index in [-0.39, 0.29) is 16.9 Å². The summed E-state index contributed by atoms with van der Waals surface area (Å²) in [5.74, 6) is -2.21. The van der Waals surface area contributed by atoms with Gasteiger partial charge in [0.25, 0.3) is 5.91 Å². The van der Waals surface area contributed by atoms with Gasteiger partial charge in [-0.25, -0.2) is 17.2 Å². The van der Waals surface area contributed by atoms with Gasteiger partial charge < -0.3 is 5.32 Å². The van der Waals surface area contributed by atoms with Crippen LogP contribution in [0.4, 0.5) is 20.2 Å². The number of halogens is 2. The van der Waals surface area contributed by atoms with Gasteiger partial charge in [0.05, 0.1) is 23.2 Å². The van der Waals surface area contributed by atoms with Crippen molar-refractivity contribution in [1.29, 1.82) is 0 Å². The van der Waals surface area contributed by atoms with E-state index in [0.717, 1.165) is 28.8 Å². The second-order valence-corrected chi connectivity index (χ2v) is 6.84. The molecule has 8 heteroatoms. The largest absolute Gasteiger partial charge is 0.320 e. The molecule has 0 aliphatic carbocycles. The Bertz CT molecular complexity index is 854. The molecule has 0 unspecified atom stereocenters. The number of nitrogens with zero attached hydrogens (tertiary/aromatic N) is 1. The second kappa shape index (κ2) is 6.33. The van der Waals surface area contributed by atoms with Crippen LogP contribution in [0.1, 0.15) is 10.4 Å². The molecule has 0 heterocycles.